The van der Waals surface area contributed by atoms with Crippen molar-refractivity contribution >= 4 is 29.1 Å². The molecule has 2 N–H and O–H groups in total. The van der Waals surface area contributed by atoms with Crippen molar-refractivity contribution < 1.29 is 14.4 Å². The van der Waals surface area contributed by atoms with Gasteiger partial charge in [-0.05, 0) is 33.1 Å². The molecular weight excluding hydrogens is 298 g/mol. The average Bonchev–Trinajstić information content (AvgIpc) is 2.60. The van der Waals surface area contributed by atoms with Crippen molar-refractivity contribution in [3.63, 3.8) is 0 Å². The minimum Gasteiger partial charge on any atom is -0.319 e. The Kier molecular flexibility index (Phi) is 5.35. The van der Waals surface area contributed by atoms with Gasteiger partial charge in [0.1, 0.15) is 11.6 Å². The Morgan fingerprint density at radius 2 is 1.64 bits per heavy atom. The lowest BCUT2D eigenvalue weighted by Crippen LogP contribution is -2.50. The third-order valence-corrected chi connectivity index (χ3v) is 5.68. The summed E-state index contributed by atoms with van der Waals surface area (Å²) in [6.45, 7) is 12.9. The van der Waals surface area contributed by atoms with E-state index in [9.17, 15) is 14.4 Å². The van der Waals surface area contributed by atoms with Crippen LogP contribution in [-0.2, 0) is 14.4 Å². The Balaban J connectivity index is 2.79. The van der Waals surface area contributed by atoms with Crippen LogP contribution in [0.3, 0.4) is 0 Å². The number of nitrogens with two attached hydrogens (primary N) is 1. The average molecular weight is 327 g/mol. The van der Waals surface area contributed by atoms with E-state index in [2.05, 4.69) is 0 Å². The molecule has 0 saturated heterocycles. The second-order valence-corrected chi connectivity index (χ2v) is 10.1. The topological polar surface area (TPSA) is 77.2 Å². The first-order chi connectivity index (χ1) is 9.68. The van der Waals surface area contributed by atoms with Gasteiger partial charge in [0.05, 0.1) is 16.2 Å². The van der Waals surface area contributed by atoms with Crippen molar-refractivity contribution in [1.82, 2.24) is 0 Å². The number of hydrogen-bond donors (Lipinski definition) is 1. The van der Waals surface area contributed by atoms with Crippen LogP contribution in [0.1, 0.15) is 54.9 Å². The normalized spacial score (nSPS) is 24.0. The predicted molar refractivity (Wildman–Crippen MR) is 90.9 cm³/mol. The summed E-state index contributed by atoms with van der Waals surface area (Å²) < 4.78 is -0.710. The Labute approximate surface area is 138 Å². The van der Waals surface area contributed by atoms with Crippen molar-refractivity contribution in [3.8, 4) is 0 Å². The van der Waals surface area contributed by atoms with Crippen molar-refractivity contribution in [2.45, 2.75) is 65.2 Å². The summed E-state index contributed by atoms with van der Waals surface area (Å²) in [5.74, 6) is -0.472. The first-order valence-electron chi connectivity index (χ1n) is 7.72. The van der Waals surface area contributed by atoms with Gasteiger partial charge in [-0.1, -0.05) is 20.8 Å². The SMILES string of the molecule is CC(C)(N)C(=O)C(C)(C)SCC1C(=O)CC(C(C)(C)C)C1=O. The fraction of sp³-hybridized carbons (Fsp3) is 0.824. The summed E-state index contributed by atoms with van der Waals surface area (Å²) in [5, 5.41) is 0. The van der Waals surface area contributed by atoms with Gasteiger partial charge in [-0.2, -0.15) is 0 Å². The maximum atomic E-state index is 12.5. The van der Waals surface area contributed by atoms with E-state index < -0.39 is 16.2 Å². The number of hydrogen-bond acceptors (Lipinski definition) is 5. The molecule has 2 atom stereocenters. The van der Waals surface area contributed by atoms with E-state index in [1.807, 2.05) is 20.8 Å². The van der Waals surface area contributed by atoms with E-state index >= 15 is 0 Å². The molecule has 0 aromatic rings. The lowest BCUT2D eigenvalue weighted by Gasteiger charge is -2.30. The number of rotatable bonds is 5. The van der Waals surface area contributed by atoms with E-state index in [-0.39, 0.29) is 28.7 Å². The maximum Gasteiger partial charge on any atom is 0.167 e. The Morgan fingerprint density at radius 1 is 1.14 bits per heavy atom. The third-order valence-electron chi connectivity index (χ3n) is 4.27. The predicted octanol–water partition coefficient (Wildman–Crippen LogP) is 2.63. The van der Waals surface area contributed by atoms with Gasteiger partial charge in [0, 0.05) is 18.1 Å². The number of Topliss-reactive ketones (excluding diaryl/α,β-unsaturated/α-hetero) is 3. The molecule has 5 heteroatoms. The summed E-state index contributed by atoms with van der Waals surface area (Å²) in [6, 6.07) is 0. The van der Waals surface area contributed by atoms with Crippen LogP contribution < -0.4 is 5.73 Å². The fourth-order valence-corrected chi connectivity index (χ4v) is 4.21. The first-order valence-corrected chi connectivity index (χ1v) is 8.70. The molecule has 0 heterocycles. The standard InChI is InChI=1S/C17H29NO3S/c1-15(2,3)11-8-12(19)10(13(11)20)9-22-17(6,7)14(21)16(4,5)18/h10-11H,8-9,18H2,1-7H3. The van der Waals surface area contributed by atoms with Gasteiger partial charge in [0.2, 0.25) is 0 Å². The van der Waals surface area contributed by atoms with Gasteiger partial charge < -0.3 is 5.73 Å². The maximum absolute atomic E-state index is 12.5. The van der Waals surface area contributed by atoms with Gasteiger partial charge >= 0.3 is 0 Å². The van der Waals surface area contributed by atoms with Crippen LogP contribution in [0.15, 0.2) is 0 Å². The molecule has 1 aliphatic rings. The molecule has 1 saturated carbocycles. The van der Waals surface area contributed by atoms with Gasteiger partial charge in [-0.3, -0.25) is 14.4 Å². The minimum atomic E-state index is -0.922. The Morgan fingerprint density at radius 3 is 2.00 bits per heavy atom. The third kappa shape index (κ3) is 4.19. The molecule has 0 aliphatic heterocycles. The van der Waals surface area contributed by atoms with Crippen molar-refractivity contribution in [1.29, 1.82) is 0 Å². The van der Waals surface area contributed by atoms with Crippen LogP contribution in [0.25, 0.3) is 0 Å². The minimum absolute atomic E-state index is 0.00711. The van der Waals surface area contributed by atoms with Crippen molar-refractivity contribution in [3.05, 3.63) is 0 Å². The Hall–Kier alpha value is -0.680. The van der Waals surface area contributed by atoms with Crippen molar-refractivity contribution in [2.24, 2.45) is 23.0 Å². The smallest absolute Gasteiger partial charge is 0.167 e. The highest BCUT2D eigenvalue weighted by Gasteiger charge is 2.47. The molecule has 1 fully saturated rings. The quantitative estimate of drug-likeness (QED) is 0.785. The van der Waals surface area contributed by atoms with Crippen LogP contribution in [0.2, 0.25) is 0 Å². The molecule has 0 aromatic heterocycles. The zero-order valence-corrected chi connectivity index (χ0v) is 15.6. The van der Waals surface area contributed by atoms with Crippen LogP contribution in [0.5, 0.6) is 0 Å². The molecular formula is C17H29NO3S. The van der Waals surface area contributed by atoms with Gasteiger partial charge in [0.15, 0.2) is 5.78 Å². The van der Waals surface area contributed by atoms with Crippen LogP contribution in [0, 0.1) is 17.3 Å². The fourth-order valence-electron chi connectivity index (χ4n) is 2.89. The molecule has 126 valence electrons. The number of thioether (sulfide) groups is 1. The summed E-state index contributed by atoms with van der Waals surface area (Å²) >= 11 is 1.36. The Bertz CT molecular complexity index is 483. The molecule has 22 heavy (non-hydrogen) atoms. The summed E-state index contributed by atoms with van der Waals surface area (Å²) in [5.41, 5.74) is 4.77. The molecule has 1 aliphatic carbocycles. The summed E-state index contributed by atoms with van der Waals surface area (Å²) in [4.78, 5) is 37.0. The van der Waals surface area contributed by atoms with Crippen molar-refractivity contribution in [2.75, 3.05) is 5.75 Å². The van der Waals surface area contributed by atoms with Gasteiger partial charge in [-0.25, -0.2) is 0 Å². The number of ketones is 3. The molecule has 1 rings (SSSR count). The van der Waals surface area contributed by atoms with Crippen LogP contribution >= 0.6 is 11.8 Å². The van der Waals surface area contributed by atoms with Gasteiger partial charge in [-0.15, -0.1) is 11.8 Å². The molecule has 0 spiro atoms. The number of carbonyl (C=O) groups is 3. The molecule has 0 amide bonds. The first kappa shape index (κ1) is 19.4. The lowest BCUT2D eigenvalue weighted by molar-refractivity contribution is -0.128. The monoisotopic (exact) mass is 327 g/mol. The highest BCUT2D eigenvalue weighted by Crippen LogP contribution is 2.40. The van der Waals surface area contributed by atoms with Gasteiger partial charge in [0.25, 0.3) is 0 Å². The van der Waals surface area contributed by atoms with E-state index in [0.29, 0.717) is 12.2 Å². The van der Waals surface area contributed by atoms with Crippen LogP contribution in [0.4, 0.5) is 0 Å². The van der Waals surface area contributed by atoms with E-state index in [1.54, 1.807) is 27.7 Å². The zero-order valence-electron chi connectivity index (χ0n) is 14.8. The molecule has 2 unspecified atom stereocenters. The number of carbonyl (C=O) groups excluding carboxylic acids is 3. The second kappa shape index (κ2) is 6.08. The van der Waals surface area contributed by atoms with E-state index in [1.165, 1.54) is 11.8 Å². The summed E-state index contributed by atoms with van der Waals surface area (Å²) in [7, 11) is 0. The highest BCUT2D eigenvalue weighted by molar-refractivity contribution is 8.01. The van der Waals surface area contributed by atoms with E-state index in [0.717, 1.165) is 0 Å². The molecule has 0 bridgehead atoms. The zero-order chi connectivity index (χ0) is 17.5. The van der Waals surface area contributed by atoms with E-state index in [4.69, 9.17) is 5.73 Å². The summed E-state index contributed by atoms with van der Waals surface area (Å²) in [6.07, 6.45) is 0.324. The molecule has 0 aromatic carbocycles. The molecule has 4 nitrogen and oxygen atoms in total. The second-order valence-electron chi connectivity index (χ2n) is 8.42. The molecule has 0 radical (unpaired) electrons. The highest BCUT2D eigenvalue weighted by atomic mass is 32.2. The van der Waals surface area contributed by atoms with Crippen LogP contribution in [-0.4, -0.2) is 33.4 Å². The largest absolute Gasteiger partial charge is 0.319 e. The lowest BCUT2D eigenvalue weighted by atomic mass is 9.79.